The summed E-state index contributed by atoms with van der Waals surface area (Å²) >= 11 is 7.23. The van der Waals surface area contributed by atoms with Crippen molar-refractivity contribution in [3.63, 3.8) is 0 Å². The van der Waals surface area contributed by atoms with Crippen LogP contribution in [0.15, 0.2) is 24.4 Å². The summed E-state index contributed by atoms with van der Waals surface area (Å²) in [6.45, 7) is 0. The van der Waals surface area contributed by atoms with Crippen molar-refractivity contribution in [1.29, 1.82) is 0 Å². The first-order chi connectivity index (χ1) is 7.19. The molecule has 1 heterocycles. The van der Waals surface area contributed by atoms with Crippen molar-refractivity contribution in [2.45, 2.75) is 0 Å². The lowest BCUT2D eigenvalue weighted by molar-refractivity contribution is 0.628. The molecule has 2 rings (SSSR count). The second-order valence-corrected chi connectivity index (χ2v) is 4.40. The van der Waals surface area contributed by atoms with Gasteiger partial charge in [-0.1, -0.05) is 22.9 Å². The fourth-order valence-electron chi connectivity index (χ4n) is 1.22. The van der Waals surface area contributed by atoms with E-state index in [2.05, 4.69) is 10.3 Å². The lowest BCUT2D eigenvalue weighted by atomic mass is 10.2. The van der Waals surface area contributed by atoms with E-state index in [1.807, 2.05) is 0 Å². The van der Waals surface area contributed by atoms with Crippen molar-refractivity contribution < 1.29 is 4.39 Å². The molecule has 1 aromatic carbocycles. The van der Waals surface area contributed by atoms with Gasteiger partial charge in [-0.15, -0.1) is 0 Å². The second-order valence-electron chi connectivity index (χ2n) is 2.94. The Kier molecular flexibility index (Phi) is 2.88. The molecule has 2 aromatic rings. The van der Waals surface area contributed by atoms with Crippen molar-refractivity contribution in [3.05, 3.63) is 35.2 Å². The minimum atomic E-state index is -0.336. The topological polar surface area (TPSA) is 24.9 Å². The Morgan fingerprint density at radius 3 is 2.80 bits per heavy atom. The highest BCUT2D eigenvalue weighted by atomic mass is 35.5. The number of anilines is 1. The van der Waals surface area contributed by atoms with Gasteiger partial charge in [0.05, 0.1) is 4.88 Å². The van der Waals surface area contributed by atoms with Crippen LogP contribution in [0, 0.1) is 5.82 Å². The summed E-state index contributed by atoms with van der Waals surface area (Å²) < 4.78 is 13.1. The minimum absolute atomic E-state index is 0.336. The molecule has 5 heteroatoms. The summed E-state index contributed by atoms with van der Waals surface area (Å²) in [5, 5.41) is 4.12. The number of benzene rings is 1. The van der Waals surface area contributed by atoms with Crippen molar-refractivity contribution in [1.82, 2.24) is 4.98 Å². The lowest BCUT2D eigenvalue weighted by Crippen LogP contribution is -1.83. The van der Waals surface area contributed by atoms with Gasteiger partial charge in [0.1, 0.15) is 5.82 Å². The maximum Gasteiger partial charge on any atom is 0.182 e. The number of aromatic nitrogens is 1. The molecule has 15 heavy (non-hydrogen) atoms. The van der Waals surface area contributed by atoms with E-state index in [0.717, 1.165) is 15.6 Å². The zero-order valence-corrected chi connectivity index (χ0v) is 9.49. The molecule has 1 aromatic heterocycles. The Morgan fingerprint density at radius 2 is 2.20 bits per heavy atom. The highest BCUT2D eigenvalue weighted by molar-refractivity contribution is 7.18. The Hall–Kier alpha value is -1.13. The largest absolute Gasteiger partial charge is 0.365 e. The molecular weight excluding hydrogens is 235 g/mol. The van der Waals surface area contributed by atoms with Gasteiger partial charge in [-0.25, -0.2) is 9.37 Å². The molecule has 0 bridgehead atoms. The number of thiazole rings is 1. The van der Waals surface area contributed by atoms with Crippen LogP contribution in [-0.4, -0.2) is 12.0 Å². The molecule has 2 nitrogen and oxygen atoms in total. The van der Waals surface area contributed by atoms with E-state index in [1.165, 1.54) is 23.5 Å². The Balaban J connectivity index is 2.44. The second kappa shape index (κ2) is 4.16. The Morgan fingerprint density at radius 1 is 1.40 bits per heavy atom. The number of rotatable bonds is 2. The van der Waals surface area contributed by atoms with Gasteiger partial charge in [-0.05, 0) is 23.8 Å². The third-order valence-corrected chi connectivity index (χ3v) is 3.15. The Bertz CT molecular complexity index is 464. The van der Waals surface area contributed by atoms with Gasteiger partial charge in [0.25, 0.3) is 0 Å². The van der Waals surface area contributed by atoms with Crippen LogP contribution in [-0.2, 0) is 0 Å². The molecule has 0 aliphatic heterocycles. The monoisotopic (exact) mass is 242 g/mol. The molecule has 0 saturated heterocycles. The number of nitrogens with zero attached hydrogens (tertiary/aromatic N) is 1. The van der Waals surface area contributed by atoms with Gasteiger partial charge < -0.3 is 5.32 Å². The van der Waals surface area contributed by atoms with Crippen LogP contribution in [0.4, 0.5) is 9.52 Å². The minimum Gasteiger partial charge on any atom is -0.365 e. The molecular formula is C10H8ClFN2S. The van der Waals surface area contributed by atoms with Crippen LogP contribution in [0.5, 0.6) is 0 Å². The van der Waals surface area contributed by atoms with Gasteiger partial charge in [0.2, 0.25) is 0 Å². The summed E-state index contributed by atoms with van der Waals surface area (Å²) in [6.07, 6.45) is 1.70. The van der Waals surface area contributed by atoms with E-state index in [-0.39, 0.29) is 5.82 Å². The molecule has 0 unspecified atom stereocenters. The van der Waals surface area contributed by atoms with Crippen molar-refractivity contribution >= 4 is 28.1 Å². The van der Waals surface area contributed by atoms with Crippen molar-refractivity contribution in [2.75, 3.05) is 12.4 Å². The van der Waals surface area contributed by atoms with Gasteiger partial charge in [-0.3, -0.25) is 0 Å². The summed E-state index contributed by atoms with van der Waals surface area (Å²) in [4.78, 5) is 5.00. The fourth-order valence-corrected chi connectivity index (χ4v) is 2.20. The molecule has 0 radical (unpaired) electrons. The van der Waals surface area contributed by atoms with Crippen molar-refractivity contribution in [3.8, 4) is 10.4 Å². The first-order valence-electron chi connectivity index (χ1n) is 4.29. The fraction of sp³-hybridized carbons (Fsp3) is 0.100. The van der Waals surface area contributed by atoms with Gasteiger partial charge in [-0.2, -0.15) is 0 Å². The SMILES string of the molecule is CNc1ncc(-c2cc(F)cc(Cl)c2)s1. The van der Waals surface area contributed by atoms with Crippen LogP contribution >= 0.6 is 22.9 Å². The average molecular weight is 243 g/mol. The number of nitrogens with one attached hydrogen (secondary N) is 1. The molecule has 78 valence electrons. The van der Waals surface area contributed by atoms with E-state index < -0.39 is 0 Å². The maximum absolute atomic E-state index is 13.1. The van der Waals surface area contributed by atoms with E-state index in [0.29, 0.717) is 5.02 Å². The third kappa shape index (κ3) is 2.27. The molecule has 0 aliphatic rings. The van der Waals surface area contributed by atoms with Gasteiger partial charge >= 0.3 is 0 Å². The van der Waals surface area contributed by atoms with E-state index in [4.69, 9.17) is 11.6 Å². The Labute approximate surface area is 95.7 Å². The lowest BCUT2D eigenvalue weighted by Gasteiger charge is -1.98. The molecule has 0 atom stereocenters. The molecule has 0 amide bonds. The molecule has 0 spiro atoms. The van der Waals surface area contributed by atoms with E-state index >= 15 is 0 Å². The number of hydrogen-bond donors (Lipinski definition) is 1. The number of hydrogen-bond acceptors (Lipinski definition) is 3. The first kappa shape index (κ1) is 10.4. The molecule has 1 N–H and O–H groups in total. The smallest absolute Gasteiger partial charge is 0.182 e. The van der Waals surface area contributed by atoms with Crippen LogP contribution in [0.1, 0.15) is 0 Å². The molecule has 0 saturated carbocycles. The summed E-state index contributed by atoms with van der Waals surface area (Å²) in [5.74, 6) is -0.336. The predicted octanol–water partition coefficient (Wildman–Crippen LogP) is 3.64. The summed E-state index contributed by atoms with van der Waals surface area (Å²) in [5.41, 5.74) is 0.749. The molecule has 0 aliphatic carbocycles. The zero-order valence-electron chi connectivity index (χ0n) is 7.92. The summed E-state index contributed by atoms with van der Waals surface area (Å²) in [7, 11) is 1.79. The summed E-state index contributed by atoms with van der Waals surface area (Å²) in [6, 6.07) is 4.45. The normalized spacial score (nSPS) is 10.3. The maximum atomic E-state index is 13.1. The van der Waals surface area contributed by atoms with E-state index in [9.17, 15) is 4.39 Å². The highest BCUT2D eigenvalue weighted by Gasteiger charge is 2.05. The van der Waals surface area contributed by atoms with Crippen molar-refractivity contribution in [2.24, 2.45) is 0 Å². The van der Waals surface area contributed by atoms with Crippen LogP contribution < -0.4 is 5.32 Å². The van der Waals surface area contributed by atoms with Crippen LogP contribution in [0.25, 0.3) is 10.4 Å². The molecule has 0 fully saturated rings. The third-order valence-electron chi connectivity index (χ3n) is 1.87. The zero-order chi connectivity index (χ0) is 10.8. The van der Waals surface area contributed by atoms with Gasteiger partial charge in [0.15, 0.2) is 5.13 Å². The van der Waals surface area contributed by atoms with Gasteiger partial charge in [0, 0.05) is 18.3 Å². The average Bonchev–Trinajstić information content (AvgIpc) is 2.64. The highest BCUT2D eigenvalue weighted by Crippen LogP contribution is 2.30. The first-order valence-corrected chi connectivity index (χ1v) is 5.48. The van der Waals surface area contributed by atoms with Crippen LogP contribution in [0.3, 0.4) is 0 Å². The standard InChI is InChI=1S/C10H8ClFN2S/c1-13-10-14-5-9(15-10)6-2-7(11)4-8(12)3-6/h2-5H,1H3,(H,13,14). The number of halogens is 2. The van der Waals surface area contributed by atoms with Crippen LogP contribution in [0.2, 0.25) is 5.02 Å². The predicted molar refractivity (Wildman–Crippen MR) is 62.1 cm³/mol. The quantitative estimate of drug-likeness (QED) is 0.870. The van der Waals surface area contributed by atoms with E-state index in [1.54, 1.807) is 19.3 Å².